The molecule has 1 aliphatic rings. The van der Waals surface area contributed by atoms with Crippen LogP contribution >= 0.6 is 0 Å². The molecule has 7 aromatic rings. The highest BCUT2D eigenvalue weighted by molar-refractivity contribution is 5.94. The summed E-state index contributed by atoms with van der Waals surface area (Å²) < 4.78 is 1.94. The first kappa shape index (κ1) is 25.4. The summed E-state index contributed by atoms with van der Waals surface area (Å²) in [6, 6.07) is 30.4. The molecule has 0 unspecified atom stereocenters. The number of nitrogens with zero attached hydrogens (tertiary/aromatic N) is 5. The molecule has 4 aromatic carbocycles. The molecule has 0 bridgehead atoms. The molecule has 212 valence electrons. The van der Waals surface area contributed by atoms with E-state index in [1.807, 2.05) is 71.3 Å². The van der Waals surface area contributed by atoms with Gasteiger partial charge in [0.05, 0.1) is 44.5 Å². The Morgan fingerprint density at radius 3 is 2.16 bits per heavy atom. The van der Waals surface area contributed by atoms with E-state index in [1.165, 1.54) is 5.56 Å². The molecule has 4 heterocycles. The Hall–Kier alpha value is -5.28. The third kappa shape index (κ3) is 4.64. The molecular formula is C34H29N7O2. The van der Waals surface area contributed by atoms with Crippen LogP contribution in [0.4, 0.5) is 0 Å². The van der Waals surface area contributed by atoms with E-state index in [9.17, 15) is 9.90 Å². The Kier molecular flexibility index (Phi) is 6.04. The van der Waals surface area contributed by atoms with Gasteiger partial charge < -0.3 is 15.1 Å². The molecular weight excluding hydrogens is 538 g/mol. The SMILES string of the molecule is O=c1[nH]c2ccccc2n1C1CCN(Cc2ccc(-c3nc4cc5nc(O)[nH]c5cc4nc3-c3ccccc3)cc2)CC1. The second kappa shape index (κ2) is 10.2. The number of H-pyrrole nitrogens is 2. The zero-order chi connectivity index (χ0) is 28.9. The lowest BCUT2D eigenvalue weighted by molar-refractivity contribution is 0.180. The van der Waals surface area contributed by atoms with Crippen LogP contribution in [0.5, 0.6) is 6.01 Å². The topological polar surface area (TPSA) is 116 Å². The first-order chi connectivity index (χ1) is 21.1. The molecule has 8 rings (SSSR count). The number of rotatable bonds is 5. The van der Waals surface area contributed by atoms with Crippen LogP contribution in [0.2, 0.25) is 0 Å². The fraction of sp³-hybridized carbons (Fsp3) is 0.176. The number of benzene rings is 4. The van der Waals surface area contributed by atoms with Crippen molar-refractivity contribution in [1.29, 1.82) is 0 Å². The highest BCUT2D eigenvalue weighted by Crippen LogP contribution is 2.33. The monoisotopic (exact) mass is 567 g/mol. The van der Waals surface area contributed by atoms with Gasteiger partial charge in [0, 0.05) is 36.8 Å². The molecule has 0 aliphatic carbocycles. The zero-order valence-electron chi connectivity index (χ0n) is 23.4. The predicted molar refractivity (Wildman–Crippen MR) is 168 cm³/mol. The van der Waals surface area contributed by atoms with Crippen LogP contribution in [0, 0.1) is 0 Å². The predicted octanol–water partition coefficient (Wildman–Crippen LogP) is 6.03. The van der Waals surface area contributed by atoms with Crippen LogP contribution < -0.4 is 5.69 Å². The van der Waals surface area contributed by atoms with E-state index < -0.39 is 0 Å². The summed E-state index contributed by atoms with van der Waals surface area (Å²) in [5, 5.41) is 9.85. The minimum absolute atomic E-state index is 0.0196. The quantitative estimate of drug-likeness (QED) is 0.234. The minimum atomic E-state index is -0.125. The van der Waals surface area contributed by atoms with Gasteiger partial charge in [0.1, 0.15) is 0 Å². The largest absolute Gasteiger partial charge is 0.480 e. The molecule has 1 fully saturated rings. The van der Waals surface area contributed by atoms with Gasteiger partial charge in [-0.15, -0.1) is 0 Å². The second-order valence-electron chi connectivity index (χ2n) is 11.2. The summed E-state index contributed by atoms with van der Waals surface area (Å²) in [6.07, 6.45) is 1.88. The number of fused-ring (bicyclic) bond motifs is 3. The normalized spacial score (nSPS) is 14.7. The number of imidazole rings is 2. The molecule has 1 aliphatic heterocycles. The van der Waals surface area contributed by atoms with Gasteiger partial charge in [-0.2, -0.15) is 4.98 Å². The molecule has 0 radical (unpaired) electrons. The van der Waals surface area contributed by atoms with Crippen LogP contribution in [0.1, 0.15) is 24.4 Å². The van der Waals surface area contributed by atoms with E-state index in [2.05, 4.69) is 44.1 Å². The maximum absolute atomic E-state index is 12.7. The minimum Gasteiger partial charge on any atom is -0.480 e. The van der Waals surface area contributed by atoms with Gasteiger partial charge in [-0.25, -0.2) is 14.8 Å². The van der Waals surface area contributed by atoms with Crippen molar-refractivity contribution in [1.82, 2.24) is 34.4 Å². The Morgan fingerprint density at radius 2 is 1.40 bits per heavy atom. The average Bonchev–Trinajstić information content (AvgIpc) is 3.57. The summed E-state index contributed by atoms with van der Waals surface area (Å²) in [5.74, 6) is 0. The maximum Gasteiger partial charge on any atom is 0.326 e. The van der Waals surface area contributed by atoms with Gasteiger partial charge in [-0.1, -0.05) is 66.7 Å². The van der Waals surface area contributed by atoms with E-state index in [0.717, 1.165) is 77.1 Å². The van der Waals surface area contributed by atoms with Crippen LogP contribution in [-0.4, -0.2) is 52.6 Å². The smallest absolute Gasteiger partial charge is 0.326 e. The first-order valence-electron chi connectivity index (χ1n) is 14.6. The maximum atomic E-state index is 12.7. The highest BCUT2D eigenvalue weighted by Gasteiger charge is 2.24. The fourth-order valence-corrected chi connectivity index (χ4v) is 6.34. The van der Waals surface area contributed by atoms with Gasteiger partial charge in [0.2, 0.25) is 0 Å². The average molecular weight is 568 g/mol. The number of likely N-dealkylation sites (tertiary alicyclic amines) is 1. The lowest BCUT2D eigenvalue weighted by Crippen LogP contribution is -2.36. The van der Waals surface area contributed by atoms with E-state index in [-0.39, 0.29) is 17.7 Å². The Balaban J connectivity index is 1.05. The second-order valence-corrected chi connectivity index (χ2v) is 11.2. The van der Waals surface area contributed by atoms with E-state index >= 15 is 0 Å². The Labute approximate surface area is 246 Å². The summed E-state index contributed by atoms with van der Waals surface area (Å²) in [7, 11) is 0. The summed E-state index contributed by atoms with van der Waals surface area (Å²) >= 11 is 0. The van der Waals surface area contributed by atoms with Gasteiger partial charge in [0.15, 0.2) is 0 Å². The number of piperidine rings is 1. The van der Waals surface area contributed by atoms with Crippen LogP contribution in [0.15, 0.2) is 95.8 Å². The number of aromatic amines is 2. The van der Waals surface area contributed by atoms with Crippen LogP contribution in [-0.2, 0) is 6.54 Å². The Bertz CT molecular complexity index is 2160. The van der Waals surface area contributed by atoms with Crippen molar-refractivity contribution in [2.45, 2.75) is 25.4 Å². The number of hydrogen-bond donors (Lipinski definition) is 3. The molecule has 0 atom stereocenters. The van der Waals surface area contributed by atoms with Gasteiger partial charge in [-0.05, 0) is 42.7 Å². The molecule has 0 spiro atoms. The lowest BCUT2D eigenvalue weighted by Gasteiger charge is -2.32. The summed E-state index contributed by atoms with van der Waals surface area (Å²) in [5.41, 5.74) is 9.48. The van der Waals surface area contributed by atoms with Crippen molar-refractivity contribution in [2.24, 2.45) is 0 Å². The van der Waals surface area contributed by atoms with E-state index in [0.29, 0.717) is 11.0 Å². The molecule has 0 saturated carbocycles. The third-order valence-electron chi connectivity index (χ3n) is 8.48. The van der Waals surface area contributed by atoms with Crippen molar-refractivity contribution in [3.05, 3.63) is 107 Å². The molecule has 1 saturated heterocycles. The van der Waals surface area contributed by atoms with Crippen LogP contribution in [0.3, 0.4) is 0 Å². The number of nitrogens with one attached hydrogen (secondary N) is 2. The van der Waals surface area contributed by atoms with Gasteiger partial charge in [0.25, 0.3) is 6.01 Å². The van der Waals surface area contributed by atoms with E-state index in [4.69, 9.17) is 9.97 Å². The van der Waals surface area contributed by atoms with Crippen molar-refractivity contribution >= 4 is 33.1 Å². The number of aromatic hydroxyl groups is 1. The first-order valence-corrected chi connectivity index (χ1v) is 14.6. The fourth-order valence-electron chi connectivity index (χ4n) is 6.34. The summed E-state index contributed by atoms with van der Waals surface area (Å²) in [4.78, 5) is 35.2. The number of hydrogen-bond acceptors (Lipinski definition) is 6. The molecule has 9 nitrogen and oxygen atoms in total. The third-order valence-corrected chi connectivity index (χ3v) is 8.48. The molecule has 9 heteroatoms. The molecule has 3 aromatic heterocycles. The number of para-hydroxylation sites is 2. The molecule has 3 N–H and O–H groups in total. The molecule has 43 heavy (non-hydrogen) atoms. The Morgan fingerprint density at radius 1 is 0.721 bits per heavy atom. The van der Waals surface area contributed by atoms with E-state index in [1.54, 1.807) is 0 Å². The summed E-state index contributed by atoms with van der Waals surface area (Å²) in [6.45, 7) is 2.72. The van der Waals surface area contributed by atoms with Gasteiger partial charge >= 0.3 is 5.69 Å². The van der Waals surface area contributed by atoms with Gasteiger partial charge in [-0.3, -0.25) is 9.47 Å². The van der Waals surface area contributed by atoms with Crippen molar-refractivity contribution < 1.29 is 5.11 Å². The number of aromatic nitrogens is 6. The lowest BCUT2D eigenvalue weighted by atomic mass is 10.0. The molecule has 0 amide bonds. The zero-order valence-corrected chi connectivity index (χ0v) is 23.4. The van der Waals surface area contributed by atoms with Crippen molar-refractivity contribution in [3.63, 3.8) is 0 Å². The van der Waals surface area contributed by atoms with Crippen molar-refractivity contribution in [3.8, 4) is 28.5 Å². The standard InChI is InChI=1S/C34H29N7O2/c42-33-37-28-18-26-27(19-29(28)38-33)36-32(31(35-26)22-6-2-1-3-7-22)23-12-10-21(11-13-23)20-40-16-14-24(15-17-40)41-30-9-5-4-8-25(30)39-34(41)43/h1-13,18-19,24H,14-17,20H2,(H,39,43)(H2,37,38,42). The van der Waals surface area contributed by atoms with Crippen molar-refractivity contribution in [2.75, 3.05) is 13.1 Å². The van der Waals surface area contributed by atoms with Crippen LogP contribution in [0.25, 0.3) is 55.6 Å². The highest BCUT2D eigenvalue weighted by atomic mass is 16.3.